The van der Waals surface area contributed by atoms with Crippen molar-refractivity contribution >= 4 is 11.3 Å². The first kappa shape index (κ1) is 14.1. The fourth-order valence-electron chi connectivity index (χ4n) is 1.94. The Morgan fingerprint density at radius 2 is 1.95 bits per heavy atom. The maximum absolute atomic E-state index is 13.3. The van der Waals surface area contributed by atoms with E-state index in [4.69, 9.17) is 0 Å². The molecule has 102 valence electrons. The second-order valence-corrected chi connectivity index (χ2v) is 5.44. The van der Waals surface area contributed by atoms with E-state index in [1.807, 2.05) is 19.2 Å². The molecule has 2 rings (SSSR count). The number of halogens is 2. The number of aromatic nitrogens is 1. The maximum Gasteiger partial charge on any atom is 0.126 e. The van der Waals surface area contributed by atoms with Gasteiger partial charge in [0.25, 0.3) is 0 Å². The molecule has 1 unspecified atom stereocenters. The van der Waals surface area contributed by atoms with Crippen LogP contribution in [-0.4, -0.2) is 11.5 Å². The zero-order chi connectivity index (χ0) is 13.8. The molecule has 1 aromatic carbocycles. The molecule has 0 aliphatic rings. The SMILES string of the molecule is CCCNC(c1cc(F)cc(F)c1)c1csc(C)n1. The topological polar surface area (TPSA) is 24.9 Å². The van der Waals surface area contributed by atoms with Crippen LogP contribution in [0.5, 0.6) is 0 Å². The fourth-order valence-corrected chi connectivity index (χ4v) is 2.57. The molecule has 0 saturated carbocycles. The van der Waals surface area contributed by atoms with E-state index in [0.29, 0.717) is 5.56 Å². The summed E-state index contributed by atoms with van der Waals surface area (Å²) in [5, 5.41) is 6.14. The lowest BCUT2D eigenvalue weighted by Crippen LogP contribution is -2.23. The predicted molar refractivity (Wildman–Crippen MR) is 73.3 cm³/mol. The van der Waals surface area contributed by atoms with Gasteiger partial charge < -0.3 is 5.32 Å². The van der Waals surface area contributed by atoms with Crippen LogP contribution in [0.2, 0.25) is 0 Å². The minimum atomic E-state index is -0.565. The first-order valence-corrected chi connectivity index (χ1v) is 7.09. The van der Waals surface area contributed by atoms with Crippen LogP contribution in [0.25, 0.3) is 0 Å². The molecular formula is C14H16F2N2S. The minimum Gasteiger partial charge on any atom is -0.305 e. The van der Waals surface area contributed by atoms with Gasteiger partial charge in [-0.05, 0) is 37.6 Å². The monoisotopic (exact) mass is 282 g/mol. The van der Waals surface area contributed by atoms with Crippen LogP contribution < -0.4 is 5.32 Å². The van der Waals surface area contributed by atoms with Crippen LogP contribution in [0, 0.1) is 18.6 Å². The summed E-state index contributed by atoms with van der Waals surface area (Å²) in [5.74, 6) is -1.13. The van der Waals surface area contributed by atoms with Gasteiger partial charge in [0.05, 0.1) is 16.7 Å². The van der Waals surface area contributed by atoms with Crippen molar-refractivity contribution in [3.8, 4) is 0 Å². The summed E-state index contributed by atoms with van der Waals surface area (Å²) in [4.78, 5) is 4.41. The van der Waals surface area contributed by atoms with Gasteiger partial charge in [0.1, 0.15) is 11.6 Å². The number of aryl methyl sites for hydroxylation is 1. The Morgan fingerprint density at radius 3 is 2.47 bits per heavy atom. The molecule has 0 spiro atoms. The van der Waals surface area contributed by atoms with E-state index in [0.717, 1.165) is 29.7 Å². The van der Waals surface area contributed by atoms with E-state index in [1.54, 1.807) is 0 Å². The van der Waals surface area contributed by atoms with E-state index in [9.17, 15) is 8.78 Å². The molecular weight excluding hydrogens is 266 g/mol. The number of nitrogens with zero attached hydrogens (tertiary/aromatic N) is 1. The summed E-state index contributed by atoms with van der Waals surface area (Å²) in [7, 11) is 0. The van der Waals surface area contributed by atoms with Crippen molar-refractivity contribution in [1.29, 1.82) is 0 Å². The van der Waals surface area contributed by atoms with Gasteiger partial charge in [-0.25, -0.2) is 13.8 Å². The van der Waals surface area contributed by atoms with Crippen molar-refractivity contribution in [1.82, 2.24) is 10.3 Å². The summed E-state index contributed by atoms with van der Waals surface area (Å²) in [5.41, 5.74) is 1.37. The Morgan fingerprint density at radius 1 is 1.26 bits per heavy atom. The number of benzene rings is 1. The highest BCUT2D eigenvalue weighted by molar-refractivity contribution is 7.09. The predicted octanol–water partition coefficient (Wildman–Crippen LogP) is 3.82. The first-order valence-electron chi connectivity index (χ1n) is 6.21. The van der Waals surface area contributed by atoms with Gasteiger partial charge in [0.15, 0.2) is 0 Å². The lowest BCUT2D eigenvalue weighted by atomic mass is 10.0. The van der Waals surface area contributed by atoms with Crippen LogP contribution in [0.3, 0.4) is 0 Å². The molecule has 0 bridgehead atoms. The molecule has 2 aromatic rings. The van der Waals surface area contributed by atoms with Crippen molar-refractivity contribution in [3.63, 3.8) is 0 Å². The van der Waals surface area contributed by atoms with Crippen molar-refractivity contribution in [2.45, 2.75) is 26.3 Å². The Balaban J connectivity index is 2.36. The number of hydrogen-bond donors (Lipinski definition) is 1. The third-order valence-corrected chi connectivity index (χ3v) is 3.54. The molecule has 0 radical (unpaired) electrons. The molecule has 1 heterocycles. The van der Waals surface area contributed by atoms with E-state index in [1.165, 1.54) is 23.5 Å². The zero-order valence-corrected chi connectivity index (χ0v) is 11.7. The Labute approximate surface area is 115 Å². The molecule has 2 nitrogen and oxygen atoms in total. The number of rotatable bonds is 5. The summed E-state index contributed by atoms with van der Waals surface area (Å²) < 4.78 is 26.7. The van der Waals surface area contributed by atoms with Crippen LogP contribution in [0.1, 0.15) is 35.7 Å². The lowest BCUT2D eigenvalue weighted by molar-refractivity contribution is 0.554. The molecule has 1 N–H and O–H groups in total. The standard InChI is InChI=1S/C14H16F2N2S/c1-3-4-17-14(13-8-19-9(2)18-13)10-5-11(15)7-12(16)6-10/h5-8,14,17H,3-4H2,1-2H3. The summed E-state index contributed by atoms with van der Waals surface area (Å²) in [6.45, 7) is 4.72. The minimum absolute atomic E-state index is 0.268. The molecule has 5 heteroatoms. The summed E-state index contributed by atoms with van der Waals surface area (Å²) in [6.07, 6.45) is 0.942. The Bertz CT molecular complexity index is 534. The summed E-state index contributed by atoms with van der Waals surface area (Å²) in [6, 6.07) is 3.32. The van der Waals surface area contributed by atoms with E-state index < -0.39 is 11.6 Å². The fraction of sp³-hybridized carbons (Fsp3) is 0.357. The van der Waals surface area contributed by atoms with Gasteiger partial charge in [-0.15, -0.1) is 11.3 Å². The highest BCUT2D eigenvalue weighted by Gasteiger charge is 2.17. The van der Waals surface area contributed by atoms with E-state index in [-0.39, 0.29) is 6.04 Å². The molecule has 0 aliphatic heterocycles. The van der Waals surface area contributed by atoms with Crippen molar-refractivity contribution in [3.05, 3.63) is 51.5 Å². The van der Waals surface area contributed by atoms with Crippen LogP contribution in [-0.2, 0) is 0 Å². The second-order valence-electron chi connectivity index (χ2n) is 4.38. The molecule has 0 amide bonds. The molecule has 0 aliphatic carbocycles. The number of nitrogens with one attached hydrogen (secondary N) is 1. The Kier molecular flexibility index (Phi) is 4.61. The van der Waals surface area contributed by atoms with Gasteiger partial charge in [0.2, 0.25) is 0 Å². The third kappa shape index (κ3) is 3.58. The molecule has 19 heavy (non-hydrogen) atoms. The normalized spacial score (nSPS) is 12.6. The quantitative estimate of drug-likeness (QED) is 0.901. The van der Waals surface area contributed by atoms with Gasteiger partial charge >= 0.3 is 0 Å². The van der Waals surface area contributed by atoms with Crippen LogP contribution >= 0.6 is 11.3 Å². The maximum atomic E-state index is 13.3. The zero-order valence-electron chi connectivity index (χ0n) is 10.9. The number of thiazole rings is 1. The molecule has 0 fully saturated rings. The molecule has 1 atom stereocenters. The first-order chi connectivity index (χ1) is 9.10. The lowest BCUT2D eigenvalue weighted by Gasteiger charge is -2.17. The smallest absolute Gasteiger partial charge is 0.126 e. The van der Waals surface area contributed by atoms with E-state index >= 15 is 0 Å². The third-order valence-electron chi connectivity index (χ3n) is 2.75. The second kappa shape index (κ2) is 6.21. The average Bonchev–Trinajstić information content (AvgIpc) is 2.75. The van der Waals surface area contributed by atoms with E-state index in [2.05, 4.69) is 10.3 Å². The molecule has 0 saturated heterocycles. The van der Waals surface area contributed by atoms with Gasteiger partial charge in [-0.1, -0.05) is 6.92 Å². The van der Waals surface area contributed by atoms with Crippen molar-refractivity contribution in [2.75, 3.05) is 6.54 Å². The largest absolute Gasteiger partial charge is 0.305 e. The highest BCUT2D eigenvalue weighted by Crippen LogP contribution is 2.25. The van der Waals surface area contributed by atoms with Gasteiger partial charge in [-0.3, -0.25) is 0 Å². The average molecular weight is 282 g/mol. The van der Waals surface area contributed by atoms with Crippen LogP contribution in [0.4, 0.5) is 8.78 Å². The number of hydrogen-bond acceptors (Lipinski definition) is 3. The van der Waals surface area contributed by atoms with Crippen LogP contribution in [0.15, 0.2) is 23.6 Å². The highest BCUT2D eigenvalue weighted by atomic mass is 32.1. The van der Waals surface area contributed by atoms with Crippen molar-refractivity contribution < 1.29 is 8.78 Å². The van der Waals surface area contributed by atoms with Crippen molar-refractivity contribution in [2.24, 2.45) is 0 Å². The van der Waals surface area contributed by atoms with Gasteiger partial charge in [-0.2, -0.15) is 0 Å². The molecule has 1 aromatic heterocycles. The Hall–Kier alpha value is -1.33. The van der Waals surface area contributed by atoms with Gasteiger partial charge in [0, 0.05) is 11.4 Å². The summed E-state index contributed by atoms with van der Waals surface area (Å²) >= 11 is 1.53.